The predicted molar refractivity (Wildman–Crippen MR) is 79.3 cm³/mol. The number of rotatable bonds is 1. The highest BCUT2D eigenvalue weighted by atomic mass is 35.5. The molecule has 0 aliphatic carbocycles. The first-order valence-electron chi connectivity index (χ1n) is 5.94. The van der Waals surface area contributed by atoms with E-state index in [0.29, 0.717) is 0 Å². The molecule has 1 amide bonds. The topological polar surface area (TPSA) is 29.1 Å². The lowest BCUT2D eigenvalue weighted by Crippen LogP contribution is -2.03. The molecule has 0 atom stereocenters. The van der Waals surface area contributed by atoms with Gasteiger partial charge in [0.25, 0.3) is 5.91 Å². The van der Waals surface area contributed by atoms with Crippen molar-refractivity contribution >= 4 is 46.4 Å². The van der Waals surface area contributed by atoms with E-state index in [1.54, 1.807) is 6.07 Å². The number of benzene rings is 2. The lowest BCUT2D eigenvalue weighted by molar-refractivity contribution is -0.110. The third kappa shape index (κ3) is 2.41. The van der Waals surface area contributed by atoms with Crippen LogP contribution in [0.2, 0.25) is 10.0 Å². The molecular weight excluding hydrogens is 319 g/mol. The summed E-state index contributed by atoms with van der Waals surface area (Å²) in [5.74, 6) is -1.84. The average Bonchev–Trinajstić information content (AvgIpc) is 2.71. The highest BCUT2D eigenvalue weighted by Crippen LogP contribution is 2.37. The van der Waals surface area contributed by atoms with Gasteiger partial charge in [0.2, 0.25) is 0 Å². The summed E-state index contributed by atoms with van der Waals surface area (Å²) in [4.78, 5) is 12.0. The van der Waals surface area contributed by atoms with Gasteiger partial charge in [0.1, 0.15) is 11.6 Å². The van der Waals surface area contributed by atoms with Gasteiger partial charge in [-0.05, 0) is 24.3 Å². The smallest absolute Gasteiger partial charge is 0.256 e. The van der Waals surface area contributed by atoms with Gasteiger partial charge in [0, 0.05) is 16.1 Å². The number of hydrogen-bond donors (Lipinski definition) is 1. The van der Waals surface area contributed by atoms with Crippen LogP contribution in [0.4, 0.5) is 14.5 Å². The fourth-order valence-electron chi connectivity index (χ4n) is 2.17. The third-order valence-electron chi connectivity index (χ3n) is 3.10. The van der Waals surface area contributed by atoms with Gasteiger partial charge in [-0.15, -0.1) is 0 Å². The van der Waals surface area contributed by atoms with Crippen LogP contribution in [0.1, 0.15) is 11.1 Å². The van der Waals surface area contributed by atoms with Crippen molar-refractivity contribution in [3.63, 3.8) is 0 Å². The molecule has 0 bridgehead atoms. The van der Waals surface area contributed by atoms with Crippen LogP contribution >= 0.6 is 23.2 Å². The minimum absolute atomic E-state index is 0.0281. The quantitative estimate of drug-likeness (QED) is 0.752. The molecule has 2 aromatic rings. The van der Waals surface area contributed by atoms with E-state index in [2.05, 4.69) is 5.32 Å². The normalized spacial score (nSPS) is 15.2. The zero-order chi connectivity index (χ0) is 15.1. The van der Waals surface area contributed by atoms with Crippen LogP contribution < -0.4 is 5.32 Å². The molecule has 106 valence electrons. The summed E-state index contributed by atoms with van der Waals surface area (Å²) in [7, 11) is 0. The van der Waals surface area contributed by atoms with Gasteiger partial charge in [-0.1, -0.05) is 35.3 Å². The molecule has 0 saturated carbocycles. The van der Waals surface area contributed by atoms with Gasteiger partial charge in [0.15, 0.2) is 0 Å². The zero-order valence-corrected chi connectivity index (χ0v) is 11.9. The number of hydrogen-bond acceptors (Lipinski definition) is 1. The molecule has 2 nitrogen and oxygen atoms in total. The van der Waals surface area contributed by atoms with E-state index in [0.717, 1.165) is 6.07 Å². The van der Waals surface area contributed by atoms with Crippen molar-refractivity contribution in [2.24, 2.45) is 0 Å². The van der Waals surface area contributed by atoms with Crippen molar-refractivity contribution in [1.29, 1.82) is 0 Å². The number of carbonyl (C=O) groups is 1. The largest absolute Gasteiger partial charge is 0.321 e. The maximum absolute atomic E-state index is 14.0. The van der Waals surface area contributed by atoms with Crippen molar-refractivity contribution in [1.82, 2.24) is 0 Å². The Morgan fingerprint density at radius 3 is 2.67 bits per heavy atom. The fourth-order valence-corrected chi connectivity index (χ4v) is 2.56. The molecule has 1 aliphatic heterocycles. The summed E-state index contributed by atoms with van der Waals surface area (Å²) >= 11 is 11.4. The number of nitrogens with one attached hydrogen (secondary N) is 1. The van der Waals surface area contributed by atoms with Crippen molar-refractivity contribution in [2.75, 3.05) is 5.32 Å². The summed E-state index contributed by atoms with van der Waals surface area (Å²) in [6.45, 7) is 0. The lowest BCUT2D eigenvalue weighted by atomic mass is 10.0. The molecule has 0 aromatic heterocycles. The first-order valence-corrected chi connectivity index (χ1v) is 6.69. The number of amides is 1. The first-order chi connectivity index (χ1) is 9.97. The number of halogens is 4. The number of carbonyl (C=O) groups excluding carboxylic acids is 1. The standard InChI is InChI=1S/C15H7Cl2F2NO/c16-8-5-11(18)13-9(15(21)20-12(13)6-8)4-7-2-1-3-10(17)14(7)19/h1-6H,(H,20,21)/b9-4+. The van der Waals surface area contributed by atoms with Crippen LogP contribution in [-0.2, 0) is 4.79 Å². The molecule has 0 spiro atoms. The molecule has 0 unspecified atom stereocenters. The SMILES string of the molecule is O=C1Nc2cc(Cl)cc(F)c2/C1=C\c1cccc(Cl)c1F. The second-order valence-electron chi connectivity index (χ2n) is 4.47. The van der Waals surface area contributed by atoms with E-state index in [4.69, 9.17) is 23.2 Å². The molecule has 2 aromatic carbocycles. The predicted octanol–water partition coefficient (Wildman–Crippen LogP) is 4.76. The average molecular weight is 326 g/mol. The molecule has 1 N–H and O–H groups in total. The molecule has 21 heavy (non-hydrogen) atoms. The van der Waals surface area contributed by atoms with E-state index in [9.17, 15) is 13.6 Å². The third-order valence-corrected chi connectivity index (χ3v) is 3.61. The minimum atomic E-state index is -0.665. The summed E-state index contributed by atoms with van der Waals surface area (Å²) in [6.07, 6.45) is 1.26. The van der Waals surface area contributed by atoms with Gasteiger partial charge in [0.05, 0.1) is 16.3 Å². The van der Waals surface area contributed by atoms with Gasteiger partial charge >= 0.3 is 0 Å². The van der Waals surface area contributed by atoms with Crippen molar-refractivity contribution < 1.29 is 13.6 Å². The summed E-state index contributed by atoms with van der Waals surface area (Å²) < 4.78 is 27.9. The zero-order valence-electron chi connectivity index (χ0n) is 10.4. The highest BCUT2D eigenvalue weighted by Gasteiger charge is 2.28. The van der Waals surface area contributed by atoms with Gasteiger partial charge in [-0.3, -0.25) is 4.79 Å². The Morgan fingerprint density at radius 2 is 1.90 bits per heavy atom. The molecular formula is C15H7Cl2F2NO. The second kappa shape index (κ2) is 5.13. The van der Waals surface area contributed by atoms with Crippen LogP contribution in [0.5, 0.6) is 0 Å². The summed E-state index contributed by atoms with van der Waals surface area (Å²) in [5, 5.41) is 2.59. The van der Waals surface area contributed by atoms with Gasteiger partial charge in [-0.25, -0.2) is 8.78 Å². The fraction of sp³-hybridized carbons (Fsp3) is 0. The molecule has 6 heteroatoms. The van der Waals surface area contributed by atoms with Gasteiger partial charge in [-0.2, -0.15) is 0 Å². The maximum Gasteiger partial charge on any atom is 0.256 e. The van der Waals surface area contributed by atoms with E-state index in [1.165, 1.54) is 24.3 Å². The minimum Gasteiger partial charge on any atom is -0.321 e. The number of anilines is 1. The van der Waals surface area contributed by atoms with Crippen LogP contribution in [0.3, 0.4) is 0 Å². The molecule has 0 saturated heterocycles. The Balaban J connectivity index is 2.19. The summed E-state index contributed by atoms with van der Waals surface area (Å²) in [5.41, 5.74) is 0.470. The molecule has 1 aliphatic rings. The Labute approximate surface area is 129 Å². The Bertz CT molecular complexity index is 803. The number of fused-ring (bicyclic) bond motifs is 1. The maximum atomic E-state index is 14.0. The molecule has 3 rings (SSSR count). The van der Waals surface area contributed by atoms with Gasteiger partial charge < -0.3 is 5.32 Å². The van der Waals surface area contributed by atoms with Crippen molar-refractivity contribution in [3.05, 3.63) is 63.1 Å². The van der Waals surface area contributed by atoms with Crippen LogP contribution in [0, 0.1) is 11.6 Å². The Hall–Kier alpha value is -1.91. The van der Waals surface area contributed by atoms with E-state index >= 15 is 0 Å². The first kappa shape index (κ1) is 14.0. The molecule has 0 fully saturated rings. The van der Waals surface area contributed by atoms with E-state index < -0.39 is 17.5 Å². The summed E-state index contributed by atoms with van der Waals surface area (Å²) in [6, 6.07) is 6.93. The molecule has 1 heterocycles. The Kier molecular flexibility index (Phi) is 3.43. The Morgan fingerprint density at radius 1 is 1.14 bits per heavy atom. The second-order valence-corrected chi connectivity index (χ2v) is 5.31. The van der Waals surface area contributed by atoms with Crippen LogP contribution in [0.15, 0.2) is 30.3 Å². The lowest BCUT2D eigenvalue weighted by Gasteiger charge is -2.03. The van der Waals surface area contributed by atoms with Crippen LogP contribution in [-0.4, -0.2) is 5.91 Å². The van der Waals surface area contributed by atoms with Crippen molar-refractivity contribution in [2.45, 2.75) is 0 Å². The van der Waals surface area contributed by atoms with Crippen LogP contribution in [0.25, 0.3) is 11.6 Å². The molecule has 0 radical (unpaired) electrons. The van der Waals surface area contributed by atoms with E-state index in [-0.39, 0.29) is 32.4 Å². The monoisotopic (exact) mass is 325 g/mol. The van der Waals surface area contributed by atoms with Crippen molar-refractivity contribution in [3.8, 4) is 0 Å². The van der Waals surface area contributed by atoms with E-state index in [1.807, 2.05) is 0 Å². The highest BCUT2D eigenvalue weighted by molar-refractivity contribution is 6.37.